The summed E-state index contributed by atoms with van der Waals surface area (Å²) in [5.74, 6) is -0.317. The minimum atomic E-state index is -3.23. The van der Waals surface area contributed by atoms with Crippen molar-refractivity contribution in [1.82, 2.24) is 4.98 Å². The quantitative estimate of drug-likeness (QED) is 0.841. The monoisotopic (exact) mass is 368 g/mol. The lowest BCUT2D eigenvalue weighted by atomic mass is 10.3. The zero-order valence-corrected chi connectivity index (χ0v) is 13.6. The zero-order valence-electron chi connectivity index (χ0n) is 11.2. The standard InChI is InChI=1S/C14H13BrN2O3S/c1-2-21(19,20)11-8-6-10(7-9-11)16-14(18)12-4-3-5-13(15)17-12/h3-9H,2H2,1H3,(H,16,18). The van der Waals surface area contributed by atoms with Gasteiger partial charge < -0.3 is 5.32 Å². The van der Waals surface area contributed by atoms with Crippen LogP contribution in [0.4, 0.5) is 5.69 Å². The Kier molecular flexibility index (Phi) is 4.74. The van der Waals surface area contributed by atoms with Crippen LogP contribution in [0, 0.1) is 0 Å². The Balaban J connectivity index is 2.16. The van der Waals surface area contributed by atoms with Gasteiger partial charge in [0.15, 0.2) is 9.84 Å². The first-order chi connectivity index (χ1) is 9.92. The molecular formula is C14H13BrN2O3S. The number of aromatic nitrogens is 1. The van der Waals surface area contributed by atoms with E-state index >= 15 is 0 Å². The molecule has 21 heavy (non-hydrogen) atoms. The van der Waals surface area contributed by atoms with E-state index in [1.165, 1.54) is 12.1 Å². The molecule has 0 fully saturated rings. The lowest BCUT2D eigenvalue weighted by Gasteiger charge is -2.06. The Morgan fingerprint density at radius 1 is 1.19 bits per heavy atom. The fourth-order valence-corrected chi connectivity index (χ4v) is 2.87. The highest BCUT2D eigenvalue weighted by atomic mass is 79.9. The first kappa shape index (κ1) is 15.7. The Morgan fingerprint density at radius 3 is 2.43 bits per heavy atom. The molecule has 1 aromatic carbocycles. The van der Waals surface area contributed by atoms with E-state index in [2.05, 4.69) is 26.2 Å². The van der Waals surface area contributed by atoms with Gasteiger partial charge >= 0.3 is 0 Å². The molecule has 0 aliphatic rings. The van der Waals surface area contributed by atoms with E-state index in [0.29, 0.717) is 10.3 Å². The van der Waals surface area contributed by atoms with Gasteiger partial charge in [-0.15, -0.1) is 0 Å². The fourth-order valence-electron chi connectivity index (χ4n) is 1.64. The highest BCUT2D eigenvalue weighted by Gasteiger charge is 2.12. The average Bonchev–Trinajstić information content (AvgIpc) is 2.48. The van der Waals surface area contributed by atoms with Crippen molar-refractivity contribution in [3.63, 3.8) is 0 Å². The number of pyridine rings is 1. The largest absolute Gasteiger partial charge is 0.321 e. The van der Waals surface area contributed by atoms with Crippen molar-refractivity contribution in [2.45, 2.75) is 11.8 Å². The van der Waals surface area contributed by atoms with Crippen LogP contribution in [0.15, 0.2) is 52.0 Å². The number of amides is 1. The Morgan fingerprint density at radius 2 is 1.86 bits per heavy atom. The Bertz CT molecular complexity index is 758. The van der Waals surface area contributed by atoms with Crippen molar-refractivity contribution in [1.29, 1.82) is 0 Å². The van der Waals surface area contributed by atoms with E-state index in [1.807, 2.05) is 0 Å². The summed E-state index contributed by atoms with van der Waals surface area (Å²) in [6.45, 7) is 1.59. The summed E-state index contributed by atoms with van der Waals surface area (Å²) >= 11 is 3.20. The molecule has 0 saturated carbocycles. The molecule has 2 aromatic rings. The first-order valence-corrected chi connectivity index (χ1v) is 8.63. The third kappa shape index (κ3) is 3.89. The Hall–Kier alpha value is -1.73. The van der Waals surface area contributed by atoms with E-state index in [-0.39, 0.29) is 22.2 Å². The van der Waals surface area contributed by atoms with Crippen LogP contribution in [0.3, 0.4) is 0 Å². The van der Waals surface area contributed by atoms with Gasteiger partial charge in [-0.1, -0.05) is 13.0 Å². The van der Waals surface area contributed by atoms with Gasteiger partial charge in [-0.25, -0.2) is 13.4 Å². The molecule has 1 N–H and O–H groups in total. The number of benzene rings is 1. The van der Waals surface area contributed by atoms with Gasteiger partial charge in [-0.2, -0.15) is 0 Å². The third-order valence-electron chi connectivity index (χ3n) is 2.80. The Labute approximate surface area is 131 Å². The van der Waals surface area contributed by atoms with Crippen LogP contribution >= 0.6 is 15.9 Å². The molecule has 7 heteroatoms. The van der Waals surface area contributed by atoms with Crippen LogP contribution in [0.5, 0.6) is 0 Å². The van der Waals surface area contributed by atoms with Crippen molar-refractivity contribution in [3.05, 3.63) is 52.8 Å². The van der Waals surface area contributed by atoms with Gasteiger partial charge in [0.2, 0.25) is 0 Å². The zero-order chi connectivity index (χ0) is 15.5. The summed E-state index contributed by atoms with van der Waals surface area (Å²) in [7, 11) is -3.23. The van der Waals surface area contributed by atoms with E-state index in [1.54, 1.807) is 37.3 Å². The van der Waals surface area contributed by atoms with Gasteiger partial charge in [0, 0.05) is 5.69 Å². The number of hydrogen-bond donors (Lipinski definition) is 1. The molecule has 0 radical (unpaired) electrons. The fraction of sp³-hybridized carbons (Fsp3) is 0.143. The summed E-state index contributed by atoms with van der Waals surface area (Å²) in [4.78, 5) is 16.3. The molecule has 0 unspecified atom stereocenters. The number of nitrogens with zero attached hydrogens (tertiary/aromatic N) is 1. The summed E-state index contributed by atoms with van der Waals surface area (Å²) in [5.41, 5.74) is 0.784. The summed E-state index contributed by atoms with van der Waals surface area (Å²) in [5, 5.41) is 2.67. The molecular weight excluding hydrogens is 356 g/mol. The number of nitrogens with one attached hydrogen (secondary N) is 1. The van der Waals surface area contributed by atoms with Gasteiger partial charge in [0.25, 0.3) is 5.91 Å². The van der Waals surface area contributed by atoms with E-state index in [0.717, 1.165) is 0 Å². The maximum atomic E-state index is 12.0. The molecule has 1 heterocycles. The molecule has 1 amide bonds. The van der Waals surface area contributed by atoms with E-state index in [9.17, 15) is 13.2 Å². The number of hydrogen-bond acceptors (Lipinski definition) is 4. The van der Waals surface area contributed by atoms with Gasteiger partial charge in [0.1, 0.15) is 10.3 Å². The summed E-state index contributed by atoms with van der Waals surface area (Å²) in [6.07, 6.45) is 0. The van der Waals surface area contributed by atoms with Gasteiger partial charge in [0.05, 0.1) is 10.6 Å². The molecule has 5 nitrogen and oxygen atoms in total. The number of rotatable bonds is 4. The van der Waals surface area contributed by atoms with Crippen LogP contribution in [0.1, 0.15) is 17.4 Å². The van der Waals surface area contributed by atoms with Crippen LogP contribution in [-0.4, -0.2) is 25.1 Å². The van der Waals surface area contributed by atoms with Crippen LogP contribution in [0.25, 0.3) is 0 Å². The van der Waals surface area contributed by atoms with Gasteiger partial charge in [-0.05, 0) is 52.3 Å². The molecule has 110 valence electrons. The molecule has 0 atom stereocenters. The summed E-state index contributed by atoms with van der Waals surface area (Å²) < 4.78 is 24.0. The second-order valence-corrected chi connectivity index (χ2v) is 7.32. The lowest BCUT2D eigenvalue weighted by molar-refractivity contribution is 0.102. The maximum absolute atomic E-state index is 12.0. The predicted molar refractivity (Wildman–Crippen MR) is 84.1 cm³/mol. The molecule has 0 aliphatic carbocycles. The minimum Gasteiger partial charge on any atom is -0.321 e. The van der Waals surface area contributed by atoms with Crippen molar-refractivity contribution in [3.8, 4) is 0 Å². The molecule has 0 aliphatic heterocycles. The summed E-state index contributed by atoms with van der Waals surface area (Å²) in [6, 6.07) is 11.1. The average molecular weight is 369 g/mol. The smallest absolute Gasteiger partial charge is 0.274 e. The SMILES string of the molecule is CCS(=O)(=O)c1ccc(NC(=O)c2cccc(Br)n2)cc1. The maximum Gasteiger partial charge on any atom is 0.274 e. The van der Waals surface area contributed by atoms with Crippen molar-refractivity contribution < 1.29 is 13.2 Å². The number of carbonyl (C=O) groups is 1. The van der Waals surface area contributed by atoms with Gasteiger partial charge in [-0.3, -0.25) is 4.79 Å². The number of anilines is 1. The second-order valence-electron chi connectivity index (χ2n) is 4.23. The van der Waals surface area contributed by atoms with Crippen LogP contribution in [-0.2, 0) is 9.84 Å². The van der Waals surface area contributed by atoms with E-state index in [4.69, 9.17) is 0 Å². The van der Waals surface area contributed by atoms with Crippen molar-refractivity contribution >= 4 is 37.4 Å². The minimum absolute atomic E-state index is 0.0423. The highest BCUT2D eigenvalue weighted by molar-refractivity contribution is 9.10. The molecule has 0 saturated heterocycles. The van der Waals surface area contributed by atoms with Crippen molar-refractivity contribution in [2.24, 2.45) is 0 Å². The second kappa shape index (κ2) is 6.36. The number of halogens is 1. The number of sulfone groups is 1. The predicted octanol–water partition coefficient (Wildman–Crippen LogP) is 2.89. The molecule has 2 rings (SSSR count). The topological polar surface area (TPSA) is 76.1 Å². The molecule has 1 aromatic heterocycles. The highest BCUT2D eigenvalue weighted by Crippen LogP contribution is 2.16. The first-order valence-electron chi connectivity index (χ1n) is 6.19. The number of carbonyl (C=O) groups excluding carboxylic acids is 1. The molecule has 0 spiro atoms. The van der Waals surface area contributed by atoms with E-state index < -0.39 is 9.84 Å². The normalized spacial score (nSPS) is 11.1. The van der Waals surface area contributed by atoms with Crippen LogP contribution in [0.2, 0.25) is 0 Å². The molecule has 0 bridgehead atoms. The third-order valence-corrected chi connectivity index (χ3v) is 4.99. The van der Waals surface area contributed by atoms with Crippen LogP contribution < -0.4 is 5.32 Å². The van der Waals surface area contributed by atoms with Crippen molar-refractivity contribution in [2.75, 3.05) is 11.1 Å². The lowest BCUT2D eigenvalue weighted by Crippen LogP contribution is -2.13.